The summed E-state index contributed by atoms with van der Waals surface area (Å²) in [4.78, 5) is 43.0. The SMILES string of the molecule is CCOc1cc([C@@H](CS(C)(=O)=O)N2C(=O)c3cccc(NC(=O)CN4CCSCC4)c3C2=O)ccc1OC. The molecule has 204 valence electrons. The number of methoxy groups -OCH3 is 1. The first kappa shape index (κ1) is 27.9. The number of rotatable bonds is 10. The Labute approximate surface area is 226 Å². The van der Waals surface area contributed by atoms with Crippen LogP contribution in [0.15, 0.2) is 36.4 Å². The molecule has 4 rings (SSSR count). The molecule has 10 nitrogen and oxygen atoms in total. The topological polar surface area (TPSA) is 122 Å². The maximum absolute atomic E-state index is 13.7. The van der Waals surface area contributed by atoms with Gasteiger partial charge in [-0.3, -0.25) is 24.2 Å². The molecule has 2 aliphatic heterocycles. The highest BCUT2D eigenvalue weighted by atomic mass is 32.2. The zero-order chi connectivity index (χ0) is 27.4. The lowest BCUT2D eigenvalue weighted by atomic mass is 10.1. The highest BCUT2D eigenvalue weighted by molar-refractivity contribution is 7.99. The lowest BCUT2D eigenvalue weighted by Crippen LogP contribution is -2.39. The van der Waals surface area contributed by atoms with Crippen molar-refractivity contribution in [3.8, 4) is 11.5 Å². The van der Waals surface area contributed by atoms with Gasteiger partial charge in [-0.2, -0.15) is 11.8 Å². The molecule has 3 amide bonds. The van der Waals surface area contributed by atoms with Crippen molar-refractivity contribution < 1.29 is 32.3 Å². The molecule has 38 heavy (non-hydrogen) atoms. The van der Waals surface area contributed by atoms with E-state index in [1.807, 2.05) is 16.7 Å². The van der Waals surface area contributed by atoms with Crippen LogP contribution in [0.2, 0.25) is 0 Å². The Morgan fingerprint density at radius 2 is 1.84 bits per heavy atom. The fourth-order valence-corrected chi connectivity index (χ4v) is 6.51. The quantitative estimate of drug-likeness (QED) is 0.436. The molecule has 2 aromatic rings. The van der Waals surface area contributed by atoms with E-state index < -0.39 is 33.4 Å². The van der Waals surface area contributed by atoms with Crippen molar-refractivity contribution in [1.29, 1.82) is 0 Å². The number of benzene rings is 2. The number of carbonyl (C=O) groups is 3. The number of imide groups is 1. The summed E-state index contributed by atoms with van der Waals surface area (Å²) in [5.41, 5.74) is 0.793. The third-order valence-corrected chi connectivity index (χ3v) is 8.20. The average Bonchev–Trinajstić information content (AvgIpc) is 3.13. The molecule has 0 aliphatic carbocycles. The van der Waals surface area contributed by atoms with E-state index in [1.54, 1.807) is 37.3 Å². The number of thioether (sulfide) groups is 1. The van der Waals surface area contributed by atoms with Gasteiger partial charge < -0.3 is 14.8 Å². The number of anilines is 1. The van der Waals surface area contributed by atoms with E-state index in [2.05, 4.69) is 5.32 Å². The van der Waals surface area contributed by atoms with Gasteiger partial charge in [0.1, 0.15) is 9.84 Å². The van der Waals surface area contributed by atoms with Gasteiger partial charge in [0.25, 0.3) is 11.8 Å². The van der Waals surface area contributed by atoms with Gasteiger partial charge in [0.05, 0.1) is 48.9 Å². The van der Waals surface area contributed by atoms with Crippen LogP contribution in [0.5, 0.6) is 11.5 Å². The third-order valence-electron chi connectivity index (χ3n) is 6.34. The number of carbonyl (C=O) groups excluding carboxylic acids is 3. The van der Waals surface area contributed by atoms with Crippen LogP contribution in [0.4, 0.5) is 5.69 Å². The van der Waals surface area contributed by atoms with Gasteiger partial charge in [0, 0.05) is 30.9 Å². The summed E-state index contributed by atoms with van der Waals surface area (Å²) in [6.45, 7) is 3.91. The number of hydrogen-bond donors (Lipinski definition) is 1. The van der Waals surface area contributed by atoms with Crippen molar-refractivity contribution in [3.63, 3.8) is 0 Å². The highest BCUT2D eigenvalue weighted by Gasteiger charge is 2.43. The first-order chi connectivity index (χ1) is 18.1. The monoisotopic (exact) mass is 561 g/mol. The van der Waals surface area contributed by atoms with E-state index in [0.29, 0.717) is 23.7 Å². The highest BCUT2D eigenvalue weighted by Crippen LogP contribution is 2.38. The van der Waals surface area contributed by atoms with Crippen LogP contribution in [0.1, 0.15) is 39.2 Å². The maximum Gasteiger partial charge on any atom is 0.264 e. The van der Waals surface area contributed by atoms with E-state index >= 15 is 0 Å². The van der Waals surface area contributed by atoms with Gasteiger partial charge in [0.15, 0.2) is 11.5 Å². The van der Waals surface area contributed by atoms with Crippen molar-refractivity contribution in [2.75, 3.05) is 62.2 Å². The smallest absolute Gasteiger partial charge is 0.264 e. The summed E-state index contributed by atoms with van der Waals surface area (Å²) >= 11 is 1.84. The normalized spacial score (nSPS) is 16.8. The van der Waals surface area contributed by atoms with E-state index in [4.69, 9.17) is 9.47 Å². The van der Waals surface area contributed by atoms with Crippen LogP contribution >= 0.6 is 11.8 Å². The van der Waals surface area contributed by atoms with E-state index in [1.165, 1.54) is 13.2 Å². The van der Waals surface area contributed by atoms with Gasteiger partial charge in [-0.1, -0.05) is 12.1 Å². The first-order valence-electron chi connectivity index (χ1n) is 12.2. The Morgan fingerprint density at radius 1 is 1.11 bits per heavy atom. The molecule has 0 unspecified atom stereocenters. The Balaban J connectivity index is 1.67. The summed E-state index contributed by atoms with van der Waals surface area (Å²) in [6.07, 6.45) is 1.05. The van der Waals surface area contributed by atoms with Crippen molar-refractivity contribution >= 4 is 45.0 Å². The molecule has 0 radical (unpaired) electrons. The summed E-state index contributed by atoms with van der Waals surface area (Å²) in [5, 5.41) is 2.79. The minimum absolute atomic E-state index is 0.0529. The molecule has 2 aliphatic rings. The van der Waals surface area contributed by atoms with Crippen molar-refractivity contribution in [2.24, 2.45) is 0 Å². The standard InChI is InChI=1S/C26H31N3O7S2/c1-4-36-22-14-17(8-9-21(22)35-2)20(16-38(3,33)34)29-25(31)18-6-5-7-19(24(18)26(29)32)27-23(30)15-28-10-12-37-13-11-28/h5-9,14,20H,4,10-13,15-16H2,1-3H3,(H,27,30)/t20-/m1/s1. The predicted octanol–water partition coefficient (Wildman–Crippen LogP) is 2.46. The van der Waals surface area contributed by atoms with Crippen molar-refractivity contribution in [2.45, 2.75) is 13.0 Å². The lowest BCUT2D eigenvalue weighted by molar-refractivity contribution is -0.117. The molecular weight excluding hydrogens is 530 g/mol. The summed E-state index contributed by atoms with van der Waals surface area (Å²) in [5.74, 6) is 0.648. The Morgan fingerprint density at radius 3 is 2.50 bits per heavy atom. The van der Waals surface area contributed by atoms with Gasteiger partial charge in [-0.15, -0.1) is 0 Å². The van der Waals surface area contributed by atoms with Gasteiger partial charge in [0.2, 0.25) is 5.91 Å². The molecule has 12 heteroatoms. The number of nitrogens with one attached hydrogen (secondary N) is 1. The third kappa shape index (κ3) is 6.13. The minimum atomic E-state index is -3.62. The molecule has 1 fully saturated rings. The molecular formula is C26H31N3O7S2. The maximum atomic E-state index is 13.7. The summed E-state index contributed by atoms with van der Waals surface area (Å²) < 4.78 is 35.8. The van der Waals surface area contributed by atoms with Gasteiger partial charge in [-0.05, 0) is 36.8 Å². The Bertz CT molecular complexity index is 1340. The summed E-state index contributed by atoms with van der Waals surface area (Å²) in [6, 6.07) is 8.36. The first-order valence-corrected chi connectivity index (χ1v) is 15.4. The van der Waals surface area contributed by atoms with E-state index in [-0.39, 0.29) is 29.3 Å². The molecule has 0 saturated carbocycles. The van der Waals surface area contributed by atoms with Crippen LogP contribution in [0.3, 0.4) is 0 Å². The minimum Gasteiger partial charge on any atom is -0.493 e. The molecule has 0 bridgehead atoms. The molecule has 1 N–H and O–H groups in total. The number of ether oxygens (including phenoxy) is 2. The number of nitrogens with zero attached hydrogens (tertiary/aromatic N) is 2. The molecule has 1 atom stereocenters. The lowest BCUT2D eigenvalue weighted by Gasteiger charge is -2.27. The summed E-state index contributed by atoms with van der Waals surface area (Å²) in [7, 11) is -2.14. The van der Waals surface area contributed by atoms with Crippen molar-refractivity contribution in [3.05, 3.63) is 53.1 Å². The zero-order valence-electron chi connectivity index (χ0n) is 21.6. The number of hydrogen-bond acceptors (Lipinski definition) is 9. The Hall–Kier alpha value is -3.09. The number of amides is 3. The van der Waals surface area contributed by atoms with Crippen molar-refractivity contribution in [1.82, 2.24) is 9.80 Å². The number of sulfone groups is 1. The van der Waals surface area contributed by atoms with Gasteiger partial charge >= 0.3 is 0 Å². The molecule has 0 aromatic heterocycles. The predicted molar refractivity (Wildman–Crippen MR) is 146 cm³/mol. The van der Waals surface area contributed by atoms with Crippen LogP contribution < -0.4 is 14.8 Å². The van der Waals surface area contributed by atoms with Crippen LogP contribution in [-0.4, -0.2) is 92.8 Å². The van der Waals surface area contributed by atoms with Crippen LogP contribution in [0.25, 0.3) is 0 Å². The second kappa shape index (κ2) is 11.7. The second-order valence-electron chi connectivity index (χ2n) is 9.10. The van der Waals surface area contributed by atoms with E-state index in [0.717, 1.165) is 35.8 Å². The second-order valence-corrected chi connectivity index (χ2v) is 12.5. The molecule has 2 heterocycles. The molecule has 2 aromatic carbocycles. The fraction of sp³-hybridized carbons (Fsp3) is 0.423. The zero-order valence-corrected chi connectivity index (χ0v) is 23.2. The largest absolute Gasteiger partial charge is 0.493 e. The fourth-order valence-electron chi connectivity index (χ4n) is 4.62. The molecule has 1 saturated heterocycles. The average molecular weight is 562 g/mol. The van der Waals surface area contributed by atoms with Crippen LogP contribution in [-0.2, 0) is 14.6 Å². The van der Waals surface area contributed by atoms with Crippen LogP contribution in [0, 0.1) is 0 Å². The molecule has 0 spiro atoms. The van der Waals surface area contributed by atoms with E-state index in [9.17, 15) is 22.8 Å². The Kier molecular flexibility index (Phi) is 8.64. The number of fused-ring (bicyclic) bond motifs is 1. The van der Waals surface area contributed by atoms with Gasteiger partial charge in [-0.25, -0.2) is 8.42 Å².